The maximum atomic E-state index is 12.0. The van der Waals surface area contributed by atoms with Crippen molar-refractivity contribution in [2.24, 2.45) is 5.73 Å². The van der Waals surface area contributed by atoms with Crippen molar-refractivity contribution in [3.8, 4) is 0 Å². The van der Waals surface area contributed by atoms with Crippen molar-refractivity contribution < 1.29 is 13.6 Å². The lowest BCUT2D eigenvalue weighted by Gasteiger charge is -2.02. The van der Waals surface area contributed by atoms with Crippen LogP contribution in [0.4, 0.5) is 13.9 Å². The van der Waals surface area contributed by atoms with Gasteiger partial charge in [0.1, 0.15) is 0 Å². The molecule has 1 atom stereocenters. The van der Waals surface area contributed by atoms with Crippen LogP contribution >= 0.6 is 23.7 Å². The smallest absolute Gasteiger partial charge is 0.291 e. The molecule has 0 unspecified atom stereocenters. The fourth-order valence-corrected chi connectivity index (χ4v) is 1.19. The normalized spacial score (nSPS) is 12.1. The van der Waals surface area contributed by atoms with Gasteiger partial charge in [-0.3, -0.25) is 10.1 Å². The molecule has 0 bridgehead atoms. The maximum absolute atomic E-state index is 12.0. The van der Waals surface area contributed by atoms with Gasteiger partial charge in [-0.25, -0.2) is 8.78 Å². The number of rotatable bonds is 3. The SMILES string of the molecule is C[C@H](N)C(=O)Nc1nnc(C(F)F)s1.Cl. The number of hydrogen-bond acceptors (Lipinski definition) is 5. The quantitative estimate of drug-likeness (QED) is 0.853. The lowest BCUT2D eigenvalue weighted by molar-refractivity contribution is -0.117. The first kappa shape index (κ1) is 14.1. The van der Waals surface area contributed by atoms with E-state index in [9.17, 15) is 13.6 Å². The molecule has 0 radical (unpaired) electrons. The molecule has 0 saturated carbocycles. The summed E-state index contributed by atoms with van der Waals surface area (Å²) in [6.07, 6.45) is -2.67. The zero-order valence-electron chi connectivity index (χ0n) is 7.61. The van der Waals surface area contributed by atoms with Crippen molar-refractivity contribution in [1.29, 1.82) is 0 Å². The largest absolute Gasteiger partial charge is 0.320 e. The molecule has 0 aromatic carbocycles. The zero-order chi connectivity index (χ0) is 10.7. The van der Waals surface area contributed by atoms with E-state index in [1.165, 1.54) is 6.92 Å². The van der Waals surface area contributed by atoms with Gasteiger partial charge in [-0.05, 0) is 6.92 Å². The number of amides is 1. The Morgan fingerprint density at radius 3 is 2.53 bits per heavy atom. The zero-order valence-corrected chi connectivity index (χ0v) is 9.24. The van der Waals surface area contributed by atoms with Crippen LogP contribution in [0.3, 0.4) is 0 Å². The van der Waals surface area contributed by atoms with Crippen molar-refractivity contribution >= 4 is 34.8 Å². The number of alkyl halides is 2. The molecule has 15 heavy (non-hydrogen) atoms. The highest BCUT2D eigenvalue weighted by Gasteiger charge is 2.16. The summed E-state index contributed by atoms with van der Waals surface area (Å²) in [7, 11) is 0. The molecule has 9 heteroatoms. The number of nitrogens with zero attached hydrogens (tertiary/aromatic N) is 2. The van der Waals surface area contributed by atoms with Crippen LogP contribution in [-0.4, -0.2) is 22.1 Å². The molecule has 0 spiro atoms. The fourth-order valence-electron chi connectivity index (χ4n) is 0.592. The second-order valence-corrected chi connectivity index (χ2v) is 3.53. The van der Waals surface area contributed by atoms with Gasteiger partial charge in [0.05, 0.1) is 6.04 Å². The van der Waals surface area contributed by atoms with Gasteiger partial charge in [0.2, 0.25) is 11.0 Å². The molecule has 0 saturated heterocycles. The van der Waals surface area contributed by atoms with E-state index in [-0.39, 0.29) is 17.5 Å². The summed E-state index contributed by atoms with van der Waals surface area (Å²) in [4.78, 5) is 11.0. The van der Waals surface area contributed by atoms with E-state index in [1.54, 1.807) is 0 Å². The Morgan fingerprint density at radius 1 is 1.53 bits per heavy atom. The monoisotopic (exact) mass is 258 g/mol. The third-order valence-corrected chi connectivity index (χ3v) is 2.12. The molecule has 0 aliphatic heterocycles. The number of carbonyl (C=O) groups is 1. The predicted octanol–water partition coefficient (Wildman–Crippen LogP) is 1.18. The Kier molecular flexibility index (Phi) is 5.55. The number of hydrogen-bond donors (Lipinski definition) is 2. The number of aromatic nitrogens is 2. The van der Waals surface area contributed by atoms with E-state index in [0.717, 1.165) is 0 Å². The lowest BCUT2D eigenvalue weighted by atomic mass is 10.3. The summed E-state index contributed by atoms with van der Waals surface area (Å²) in [5.41, 5.74) is 5.25. The molecule has 3 N–H and O–H groups in total. The van der Waals surface area contributed by atoms with Gasteiger partial charge in [0.15, 0.2) is 5.01 Å². The summed E-state index contributed by atoms with van der Waals surface area (Å²) in [6, 6.07) is -0.714. The Labute approximate surface area is 94.5 Å². The van der Waals surface area contributed by atoms with Crippen LogP contribution in [0.1, 0.15) is 18.4 Å². The second-order valence-electron chi connectivity index (χ2n) is 2.52. The number of nitrogens with two attached hydrogens (primary N) is 1. The first-order chi connectivity index (χ1) is 6.50. The summed E-state index contributed by atoms with van der Waals surface area (Å²) in [6.45, 7) is 1.48. The van der Waals surface area contributed by atoms with Crippen molar-refractivity contribution in [3.05, 3.63) is 5.01 Å². The molecule has 1 aromatic heterocycles. The summed E-state index contributed by atoms with van der Waals surface area (Å²) < 4.78 is 24.1. The van der Waals surface area contributed by atoms with E-state index in [4.69, 9.17) is 5.73 Å². The van der Waals surface area contributed by atoms with Crippen molar-refractivity contribution in [2.75, 3.05) is 5.32 Å². The highest BCUT2D eigenvalue weighted by Crippen LogP contribution is 2.24. The minimum absolute atomic E-state index is 0. The standard InChI is InChI=1S/C6H8F2N4OS.ClH/c1-2(9)4(13)10-6-12-11-5(14-6)3(7)8;/h2-3H,9H2,1H3,(H,10,12,13);1H/t2-;/m0./s1. The molecule has 1 amide bonds. The van der Waals surface area contributed by atoms with Crippen LogP contribution in [0, 0.1) is 0 Å². The molecule has 5 nitrogen and oxygen atoms in total. The van der Waals surface area contributed by atoms with Crippen LogP contribution in [0.2, 0.25) is 0 Å². The van der Waals surface area contributed by atoms with Crippen LogP contribution in [0.15, 0.2) is 0 Å². The molecule has 1 aromatic rings. The van der Waals surface area contributed by atoms with Crippen LogP contribution in [-0.2, 0) is 4.79 Å². The summed E-state index contributed by atoms with van der Waals surface area (Å²) in [5, 5.41) is 8.42. The van der Waals surface area contributed by atoms with Crippen LogP contribution < -0.4 is 11.1 Å². The first-order valence-corrected chi connectivity index (χ1v) is 4.50. The second kappa shape index (κ2) is 5.89. The first-order valence-electron chi connectivity index (χ1n) is 3.68. The van der Waals surface area contributed by atoms with E-state index in [1.807, 2.05) is 0 Å². The third kappa shape index (κ3) is 4.02. The number of carbonyl (C=O) groups excluding carboxylic acids is 1. The van der Waals surface area contributed by atoms with Gasteiger partial charge in [0, 0.05) is 0 Å². The molecular weight excluding hydrogens is 250 g/mol. The van der Waals surface area contributed by atoms with E-state index in [2.05, 4.69) is 15.5 Å². The maximum Gasteiger partial charge on any atom is 0.291 e. The average molecular weight is 259 g/mol. The Balaban J connectivity index is 0.00000196. The van der Waals surface area contributed by atoms with E-state index in [0.29, 0.717) is 11.3 Å². The molecule has 0 fully saturated rings. The van der Waals surface area contributed by atoms with Gasteiger partial charge in [-0.1, -0.05) is 11.3 Å². The minimum Gasteiger partial charge on any atom is -0.320 e. The Morgan fingerprint density at radius 2 is 2.13 bits per heavy atom. The van der Waals surface area contributed by atoms with E-state index < -0.39 is 23.4 Å². The minimum atomic E-state index is -2.67. The van der Waals surface area contributed by atoms with Gasteiger partial charge in [-0.15, -0.1) is 22.6 Å². The van der Waals surface area contributed by atoms with Crippen LogP contribution in [0.5, 0.6) is 0 Å². The van der Waals surface area contributed by atoms with Crippen molar-refractivity contribution in [2.45, 2.75) is 19.4 Å². The topological polar surface area (TPSA) is 80.9 Å². The Bertz CT molecular complexity index is 333. The highest BCUT2D eigenvalue weighted by atomic mass is 35.5. The number of nitrogens with one attached hydrogen (secondary N) is 1. The van der Waals surface area contributed by atoms with Gasteiger partial charge in [0.25, 0.3) is 6.43 Å². The molecule has 86 valence electrons. The molecule has 1 heterocycles. The van der Waals surface area contributed by atoms with Gasteiger partial charge >= 0.3 is 0 Å². The number of halogens is 3. The predicted molar refractivity (Wildman–Crippen MR) is 54.4 cm³/mol. The molecule has 0 aliphatic carbocycles. The molecule has 0 aliphatic rings. The summed E-state index contributed by atoms with van der Waals surface area (Å²) in [5.74, 6) is -0.484. The van der Waals surface area contributed by atoms with Crippen molar-refractivity contribution in [3.63, 3.8) is 0 Å². The fraction of sp³-hybridized carbons (Fsp3) is 0.500. The lowest BCUT2D eigenvalue weighted by Crippen LogP contribution is -2.32. The van der Waals surface area contributed by atoms with Gasteiger partial charge < -0.3 is 5.73 Å². The third-order valence-electron chi connectivity index (χ3n) is 1.27. The average Bonchev–Trinajstić information content (AvgIpc) is 2.52. The highest BCUT2D eigenvalue weighted by molar-refractivity contribution is 7.15. The van der Waals surface area contributed by atoms with Crippen LogP contribution in [0.25, 0.3) is 0 Å². The summed E-state index contributed by atoms with van der Waals surface area (Å²) >= 11 is 0.627. The Hall–Kier alpha value is -0.860. The molecular formula is C6H9ClF2N4OS. The number of anilines is 1. The van der Waals surface area contributed by atoms with E-state index >= 15 is 0 Å². The van der Waals surface area contributed by atoms with Gasteiger partial charge in [-0.2, -0.15) is 0 Å². The molecule has 1 rings (SSSR count). The van der Waals surface area contributed by atoms with Crippen molar-refractivity contribution in [1.82, 2.24) is 10.2 Å².